The first-order chi connectivity index (χ1) is 12.3. The molecule has 9 heteroatoms. The lowest BCUT2D eigenvalue weighted by Gasteiger charge is -2.17. The molecule has 0 bridgehead atoms. The van der Waals surface area contributed by atoms with Crippen LogP contribution in [0, 0.1) is 0 Å². The zero-order valence-electron chi connectivity index (χ0n) is 14.2. The number of amides is 1. The molecule has 0 heterocycles. The Balaban J connectivity index is 1.81. The topological polar surface area (TPSA) is 102 Å². The van der Waals surface area contributed by atoms with Gasteiger partial charge in [-0.15, -0.1) is 0 Å². The number of sulfonamides is 1. The van der Waals surface area contributed by atoms with E-state index in [1.54, 1.807) is 30.1 Å². The molecular formula is C17H20ClN3O4S. The van der Waals surface area contributed by atoms with Crippen molar-refractivity contribution < 1.29 is 17.9 Å². The molecule has 0 unspecified atom stereocenters. The fraction of sp³-hybridized carbons (Fsp3) is 0.235. The molecule has 0 aliphatic carbocycles. The average Bonchev–Trinajstić information content (AvgIpc) is 2.56. The van der Waals surface area contributed by atoms with Crippen molar-refractivity contribution in [1.82, 2.24) is 4.90 Å². The van der Waals surface area contributed by atoms with Crippen LogP contribution in [0.25, 0.3) is 0 Å². The molecule has 1 amide bonds. The highest BCUT2D eigenvalue weighted by Gasteiger charge is 2.11. The second-order valence-corrected chi connectivity index (χ2v) is 7.61. The molecule has 0 spiro atoms. The highest BCUT2D eigenvalue weighted by atomic mass is 35.5. The van der Waals surface area contributed by atoms with Gasteiger partial charge in [0.2, 0.25) is 15.9 Å². The maximum absolute atomic E-state index is 12.1. The average molecular weight is 398 g/mol. The van der Waals surface area contributed by atoms with Crippen LogP contribution in [-0.4, -0.2) is 46.0 Å². The predicted molar refractivity (Wildman–Crippen MR) is 101 cm³/mol. The monoisotopic (exact) mass is 397 g/mol. The number of rotatable bonds is 8. The Bertz CT molecular complexity index is 874. The number of hydrogen-bond acceptors (Lipinski definition) is 5. The molecule has 0 aliphatic heterocycles. The van der Waals surface area contributed by atoms with Crippen molar-refractivity contribution in [2.24, 2.45) is 5.14 Å². The zero-order valence-corrected chi connectivity index (χ0v) is 15.8. The fourth-order valence-electron chi connectivity index (χ4n) is 2.15. The van der Waals surface area contributed by atoms with Gasteiger partial charge in [-0.3, -0.25) is 9.69 Å². The first-order valence-electron chi connectivity index (χ1n) is 7.74. The lowest BCUT2D eigenvalue weighted by molar-refractivity contribution is -0.117. The molecule has 140 valence electrons. The molecule has 0 atom stereocenters. The Kier molecular flexibility index (Phi) is 6.98. The molecule has 0 fully saturated rings. The number of carbonyl (C=O) groups excluding carboxylic acids is 1. The van der Waals surface area contributed by atoms with E-state index in [2.05, 4.69) is 5.32 Å². The Morgan fingerprint density at radius 1 is 1.23 bits per heavy atom. The molecule has 0 aliphatic rings. The number of benzene rings is 2. The van der Waals surface area contributed by atoms with Gasteiger partial charge in [-0.1, -0.05) is 29.8 Å². The van der Waals surface area contributed by atoms with Crippen LogP contribution in [0.1, 0.15) is 0 Å². The lowest BCUT2D eigenvalue weighted by atomic mass is 10.3. The van der Waals surface area contributed by atoms with Crippen LogP contribution in [0.4, 0.5) is 5.69 Å². The number of nitrogens with two attached hydrogens (primary N) is 1. The SMILES string of the molecule is CN(CCOc1ccccc1Cl)CC(=O)Nc1cccc(S(N)(=O)=O)c1. The number of halogens is 1. The quantitative estimate of drug-likeness (QED) is 0.708. The van der Waals surface area contributed by atoms with E-state index >= 15 is 0 Å². The first-order valence-corrected chi connectivity index (χ1v) is 9.67. The zero-order chi connectivity index (χ0) is 19.2. The van der Waals surface area contributed by atoms with Gasteiger partial charge in [-0.05, 0) is 37.4 Å². The van der Waals surface area contributed by atoms with Gasteiger partial charge in [0.05, 0.1) is 16.5 Å². The minimum atomic E-state index is -3.82. The molecule has 2 aromatic rings. The third-order valence-corrected chi connectivity index (χ3v) is 4.65. The third kappa shape index (κ3) is 6.30. The molecule has 26 heavy (non-hydrogen) atoms. The van der Waals surface area contributed by atoms with Gasteiger partial charge in [0.15, 0.2) is 0 Å². The van der Waals surface area contributed by atoms with Crippen LogP contribution >= 0.6 is 11.6 Å². The molecular weight excluding hydrogens is 378 g/mol. The summed E-state index contributed by atoms with van der Waals surface area (Å²) in [6.45, 7) is 0.996. The van der Waals surface area contributed by atoms with Crippen LogP contribution in [0.5, 0.6) is 5.75 Å². The minimum absolute atomic E-state index is 0.0585. The van der Waals surface area contributed by atoms with Gasteiger partial charge in [-0.25, -0.2) is 13.6 Å². The molecule has 0 radical (unpaired) electrons. The van der Waals surface area contributed by atoms with Crippen molar-refractivity contribution in [3.05, 3.63) is 53.6 Å². The number of primary sulfonamides is 1. The predicted octanol–water partition coefficient (Wildman–Crippen LogP) is 1.94. The third-order valence-electron chi connectivity index (χ3n) is 3.43. The summed E-state index contributed by atoms with van der Waals surface area (Å²) in [6, 6.07) is 12.9. The summed E-state index contributed by atoms with van der Waals surface area (Å²) in [5.41, 5.74) is 0.363. The lowest BCUT2D eigenvalue weighted by Crippen LogP contribution is -2.33. The van der Waals surface area contributed by atoms with Gasteiger partial charge in [0.1, 0.15) is 12.4 Å². The van der Waals surface area contributed by atoms with Crippen LogP contribution in [-0.2, 0) is 14.8 Å². The van der Waals surface area contributed by atoms with Gasteiger partial charge < -0.3 is 10.1 Å². The van der Waals surface area contributed by atoms with E-state index in [0.29, 0.717) is 29.6 Å². The van der Waals surface area contributed by atoms with Gasteiger partial charge in [-0.2, -0.15) is 0 Å². The smallest absolute Gasteiger partial charge is 0.238 e. The molecule has 2 rings (SSSR count). The van der Waals surface area contributed by atoms with Crippen LogP contribution in [0.3, 0.4) is 0 Å². The summed E-state index contributed by atoms with van der Waals surface area (Å²) in [7, 11) is -2.04. The van der Waals surface area contributed by atoms with Gasteiger partial charge >= 0.3 is 0 Å². The van der Waals surface area contributed by atoms with Crippen molar-refractivity contribution in [3.8, 4) is 5.75 Å². The van der Waals surface area contributed by atoms with E-state index < -0.39 is 10.0 Å². The molecule has 3 N–H and O–H groups in total. The Labute approximate surface area is 157 Å². The maximum Gasteiger partial charge on any atom is 0.238 e. The van der Waals surface area contributed by atoms with Gasteiger partial charge in [0, 0.05) is 12.2 Å². The standard InChI is InChI=1S/C17H20ClN3O4S/c1-21(9-10-25-16-8-3-2-7-15(16)18)12-17(22)20-13-5-4-6-14(11-13)26(19,23)24/h2-8,11H,9-10,12H2,1H3,(H,20,22)(H2,19,23,24). The summed E-state index contributed by atoms with van der Waals surface area (Å²) in [4.78, 5) is 13.8. The van der Waals surface area contributed by atoms with E-state index in [1.165, 1.54) is 18.2 Å². The van der Waals surface area contributed by atoms with E-state index in [0.717, 1.165) is 0 Å². The number of para-hydroxylation sites is 1. The van der Waals surface area contributed by atoms with Crippen molar-refractivity contribution in [2.75, 3.05) is 32.1 Å². The summed E-state index contributed by atoms with van der Waals surface area (Å²) in [6.07, 6.45) is 0. The highest BCUT2D eigenvalue weighted by molar-refractivity contribution is 7.89. The Morgan fingerprint density at radius 3 is 2.65 bits per heavy atom. The van der Waals surface area contributed by atoms with E-state index in [-0.39, 0.29) is 17.3 Å². The number of anilines is 1. The second-order valence-electron chi connectivity index (χ2n) is 5.64. The van der Waals surface area contributed by atoms with Crippen molar-refractivity contribution in [3.63, 3.8) is 0 Å². The van der Waals surface area contributed by atoms with E-state index in [4.69, 9.17) is 21.5 Å². The Morgan fingerprint density at radius 2 is 1.96 bits per heavy atom. The molecule has 0 aromatic heterocycles. The van der Waals surface area contributed by atoms with Crippen LogP contribution < -0.4 is 15.2 Å². The highest BCUT2D eigenvalue weighted by Crippen LogP contribution is 2.22. The van der Waals surface area contributed by atoms with E-state index in [1.807, 2.05) is 12.1 Å². The number of nitrogens with one attached hydrogen (secondary N) is 1. The van der Waals surface area contributed by atoms with Gasteiger partial charge in [0.25, 0.3) is 0 Å². The van der Waals surface area contributed by atoms with Crippen molar-refractivity contribution in [1.29, 1.82) is 0 Å². The fourth-order valence-corrected chi connectivity index (χ4v) is 2.90. The normalized spacial score (nSPS) is 11.4. The molecule has 7 nitrogen and oxygen atoms in total. The largest absolute Gasteiger partial charge is 0.491 e. The Hall–Kier alpha value is -2.13. The van der Waals surface area contributed by atoms with E-state index in [9.17, 15) is 13.2 Å². The number of likely N-dealkylation sites (N-methyl/N-ethyl adjacent to an activating group) is 1. The summed E-state index contributed by atoms with van der Waals surface area (Å²) in [5, 5.41) is 8.25. The van der Waals surface area contributed by atoms with Crippen molar-refractivity contribution in [2.45, 2.75) is 4.90 Å². The van der Waals surface area contributed by atoms with Crippen LogP contribution in [0.2, 0.25) is 5.02 Å². The molecule has 0 saturated carbocycles. The summed E-state index contributed by atoms with van der Waals surface area (Å²) >= 11 is 6.00. The number of hydrogen-bond donors (Lipinski definition) is 2. The van der Waals surface area contributed by atoms with Crippen LogP contribution in [0.15, 0.2) is 53.4 Å². The number of carbonyl (C=O) groups is 1. The summed E-state index contributed by atoms with van der Waals surface area (Å²) < 4.78 is 28.3. The number of nitrogens with zero attached hydrogens (tertiary/aromatic N) is 1. The van der Waals surface area contributed by atoms with Crippen molar-refractivity contribution >= 4 is 33.2 Å². The maximum atomic E-state index is 12.1. The second kappa shape index (κ2) is 9.00. The summed E-state index contributed by atoms with van der Waals surface area (Å²) in [5.74, 6) is 0.309. The molecule has 2 aromatic carbocycles. The number of ether oxygens (including phenoxy) is 1. The first kappa shape index (κ1) is 20.2. The minimum Gasteiger partial charge on any atom is -0.491 e. The molecule has 0 saturated heterocycles.